The van der Waals surface area contributed by atoms with E-state index in [4.69, 9.17) is 9.47 Å². The van der Waals surface area contributed by atoms with Gasteiger partial charge in [-0.3, -0.25) is 0 Å². The quantitative estimate of drug-likeness (QED) is 0.176. The van der Waals surface area contributed by atoms with E-state index in [1.54, 1.807) is 0 Å². The Bertz CT molecular complexity index is 1300. The Kier molecular flexibility index (Phi) is 9.67. The minimum Gasteiger partial charge on any atom is -0.493 e. The molecule has 2 nitrogen and oxygen atoms in total. The van der Waals surface area contributed by atoms with Gasteiger partial charge in [-0.05, 0) is 84.5 Å². The first kappa shape index (κ1) is 26.8. The molecule has 0 amide bonds. The van der Waals surface area contributed by atoms with E-state index in [1.165, 1.54) is 33.1 Å². The van der Waals surface area contributed by atoms with Crippen LogP contribution in [-0.4, -0.2) is 13.2 Å². The van der Waals surface area contributed by atoms with Gasteiger partial charge in [0, 0.05) is 21.8 Å². The highest BCUT2D eigenvalue weighted by molar-refractivity contribution is 7.99. The summed E-state index contributed by atoms with van der Waals surface area (Å²) in [7, 11) is 0. The van der Waals surface area contributed by atoms with Crippen molar-refractivity contribution in [3.8, 4) is 22.6 Å². The van der Waals surface area contributed by atoms with E-state index in [2.05, 4.69) is 69.3 Å². The monoisotopic (exact) mass is 514 g/mol. The van der Waals surface area contributed by atoms with E-state index in [1.807, 2.05) is 36.0 Å². The second-order valence-electron chi connectivity index (χ2n) is 9.08. The van der Waals surface area contributed by atoms with Crippen LogP contribution in [0.3, 0.4) is 0 Å². The molecular weight excluding hydrogens is 479 g/mol. The predicted molar refractivity (Wildman–Crippen MR) is 153 cm³/mol. The lowest BCUT2D eigenvalue weighted by Crippen LogP contribution is -2.07. The number of hydrogen-bond donors (Lipinski definition) is 0. The van der Waals surface area contributed by atoms with Gasteiger partial charge in [0.15, 0.2) is 0 Å². The van der Waals surface area contributed by atoms with Crippen LogP contribution in [0.25, 0.3) is 11.1 Å². The molecule has 4 aromatic carbocycles. The van der Waals surface area contributed by atoms with Gasteiger partial charge in [0.25, 0.3) is 0 Å². The summed E-state index contributed by atoms with van der Waals surface area (Å²) in [6.07, 6.45) is 3.72. The molecule has 0 heterocycles. The molecule has 0 atom stereocenters. The van der Waals surface area contributed by atoms with E-state index in [0.29, 0.717) is 13.2 Å². The molecule has 0 aliphatic heterocycles. The van der Waals surface area contributed by atoms with E-state index in [0.717, 1.165) is 53.9 Å². The summed E-state index contributed by atoms with van der Waals surface area (Å²) in [6, 6.07) is 27.7. The van der Waals surface area contributed by atoms with Gasteiger partial charge in [-0.2, -0.15) is 0 Å². The van der Waals surface area contributed by atoms with Gasteiger partial charge in [-0.25, -0.2) is 4.39 Å². The smallest absolute Gasteiger partial charge is 0.123 e. The second kappa shape index (κ2) is 13.3. The maximum Gasteiger partial charge on any atom is 0.123 e. The molecule has 0 radical (unpaired) electrons. The molecule has 0 aliphatic rings. The van der Waals surface area contributed by atoms with Crippen molar-refractivity contribution in [1.82, 2.24) is 0 Å². The highest BCUT2D eigenvalue weighted by Crippen LogP contribution is 2.37. The first-order chi connectivity index (χ1) is 18.1. The third kappa shape index (κ3) is 7.17. The van der Waals surface area contributed by atoms with Crippen LogP contribution >= 0.6 is 11.8 Å². The zero-order valence-corrected chi connectivity index (χ0v) is 22.7. The third-order valence-electron chi connectivity index (χ3n) is 6.33. The number of hydrogen-bond acceptors (Lipinski definition) is 3. The fourth-order valence-corrected chi connectivity index (χ4v) is 5.39. The molecule has 0 aromatic heterocycles. The van der Waals surface area contributed by atoms with Crippen LogP contribution in [-0.2, 0) is 12.8 Å². The molecular formula is C33H35FO2S. The summed E-state index contributed by atoms with van der Waals surface area (Å²) in [5.74, 6) is 1.65. The van der Waals surface area contributed by atoms with Crippen molar-refractivity contribution in [3.63, 3.8) is 0 Å². The Morgan fingerprint density at radius 1 is 0.730 bits per heavy atom. The molecule has 4 rings (SSSR count). The molecule has 4 aromatic rings. The average molecular weight is 515 g/mol. The number of aryl methyl sites for hydroxylation is 2. The largest absolute Gasteiger partial charge is 0.493 e. The summed E-state index contributed by atoms with van der Waals surface area (Å²) < 4.78 is 25.7. The molecule has 37 heavy (non-hydrogen) atoms. The van der Waals surface area contributed by atoms with Crippen molar-refractivity contribution >= 4 is 11.8 Å². The van der Waals surface area contributed by atoms with Crippen LogP contribution in [0.2, 0.25) is 0 Å². The summed E-state index contributed by atoms with van der Waals surface area (Å²) in [4.78, 5) is 2.54. The fraction of sp³-hybridized carbons (Fsp3) is 0.273. The Hall–Kier alpha value is -3.24. The molecule has 0 N–H and O–H groups in total. The van der Waals surface area contributed by atoms with Crippen molar-refractivity contribution in [3.05, 3.63) is 107 Å². The predicted octanol–water partition coefficient (Wildman–Crippen LogP) is 9.32. The maximum absolute atomic E-state index is 13.3. The van der Waals surface area contributed by atoms with Crippen LogP contribution in [0, 0.1) is 12.7 Å². The Morgan fingerprint density at radius 3 is 2.16 bits per heavy atom. The minimum absolute atomic E-state index is 0.222. The van der Waals surface area contributed by atoms with Crippen LogP contribution < -0.4 is 9.47 Å². The van der Waals surface area contributed by atoms with Gasteiger partial charge in [0.1, 0.15) is 17.3 Å². The molecule has 0 unspecified atom stereocenters. The maximum atomic E-state index is 13.3. The number of benzene rings is 4. The van der Waals surface area contributed by atoms with Crippen molar-refractivity contribution in [2.75, 3.05) is 13.2 Å². The highest BCUT2D eigenvalue weighted by Gasteiger charge is 2.12. The summed E-state index contributed by atoms with van der Waals surface area (Å²) in [6.45, 7) is 7.67. The molecule has 0 saturated carbocycles. The Balaban J connectivity index is 1.35. The van der Waals surface area contributed by atoms with Crippen molar-refractivity contribution in [1.29, 1.82) is 0 Å². The number of rotatable bonds is 12. The van der Waals surface area contributed by atoms with Gasteiger partial charge in [0.2, 0.25) is 0 Å². The highest BCUT2D eigenvalue weighted by atomic mass is 32.2. The molecule has 4 heteroatoms. The standard InChI is InChI=1S/C33H35FO2S/c1-4-10-29-31(12-8-14-33(29)37-32-13-7-6-11-24(32)3)36-22-9-21-35-30-20-17-27(23-25(30)5-2)26-15-18-28(34)19-16-26/h6-8,11-20,23H,4-5,9-10,21-22H2,1-3H3. The second-order valence-corrected chi connectivity index (χ2v) is 10.2. The van der Waals surface area contributed by atoms with Crippen molar-refractivity contribution in [2.24, 2.45) is 0 Å². The zero-order chi connectivity index (χ0) is 26.0. The SMILES string of the molecule is CCCc1c(OCCCOc2ccc(-c3ccc(F)cc3)cc2CC)cccc1Sc1ccccc1C. The number of ether oxygens (including phenoxy) is 2. The van der Waals surface area contributed by atoms with Crippen LogP contribution in [0.15, 0.2) is 94.7 Å². The Labute approximate surface area is 224 Å². The first-order valence-electron chi connectivity index (χ1n) is 13.1. The lowest BCUT2D eigenvalue weighted by Gasteiger charge is -2.16. The fourth-order valence-electron chi connectivity index (χ4n) is 4.30. The van der Waals surface area contributed by atoms with Crippen LogP contribution in [0.1, 0.15) is 43.4 Å². The van der Waals surface area contributed by atoms with Gasteiger partial charge in [0.05, 0.1) is 13.2 Å². The van der Waals surface area contributed by atoms with Gasteiger partial charge < -0.3 is 9.47 Å². The summed E-state index contributed by atoms with van der Waals surface area (Å²) in [5.41, 5.74) is 5.79. The first-order valence-corrected chi connectivity index (χ1v) is 13.9. The Morgan fingerprint density at radius 2 is 1.43 bits per heavy atom. The van der Waals surface area contributed by atoms with E-state index in [9.17, 15) is 4.39 Å². The summed E-state index contributed by atoms with van der Waals surface area (Å²) >= 11 is 1.82. The number of halogens is 1. The van der Waals surface area contributed by atoms with Crippen molar-refractivity contribution < 1.29 is 13.9 Å². The normalized spacial score (nSPS) is 10.9. The van der Waals surface area contributed by atoms with Gasteiger partial charge >= 0.3 is 0 Å². The zero-order valence-electron chi connectivity index (χ0n) is 21.9. The lowest BCUT2D eigenvalue weighted by atomic mass is 10.0. The average Bonchev–Trinajstić information content (AvgIpc) is 2.92. The molecule has 0 aliphatic carbocycles. The van der Waals surface area contributed by atoms with Crippen molar-refractivity contribution in [2.45, 2.75) is 56.2 Å². The molecule has 0 saturated heterocycles. The molecule has 0 bridgehead atoms. The minimum atomic E-state index is -0.222. The van der Waals surface area contributed by atoms with E-state index < -0.39 is 0 Å². The topological polar surface area (TPSA) is 18.5 Å². The van der Waals surface area contributed by atoms with Gasteiger partial charge in [-0.15, -0.1) is 0 Å². The summed E-state index contributed by atoms with van der Waals surface area (Å²) in [5, 5.41) is 0. The molecule has 192 valence electrons. The molecule has 0 spiro atoms. The van der Waals surface area contributed by atoms with E-state index in [-0.39, 0.29) is 5.82 Å². The van der Waals surface area contributed by atoms with E-state index >= 15 is 0 Å². The van der Waals surface area contributed by atoms with Crippen LogP contribution in [0.5, 0.6) is 11.5 Å². The lowest BCUT2D eigenvalue weighted by molar-refractivity contribution is 0.244. The van der Waals surface area contributed by atoms with Gasteiger partial charge in [-0.1, -0.05) is 74.5 Å². The van der Waals surface area contributed by atoms with Crippen LogP contribution in [0.4, 0.5) is 4.39 Å². The molecule has 0 fully saturated rings. The third-order valence-corrected chi connectivity index (χ3v) is 7.61.